The lowest BCUT2D eigenvalue weighted by atomic mass is 9.93. The first kappa shape index (κ1) is 13.9. The molecule has 3 nitrogen and oxygen atoms in total. The van der Waals surface area contributed by atoms with E-state index in [1.165, 1.54) is 0 Å². The zero-order chi connectivity index (χ0) is 13.1. The Hall–Kier alpha value is -0.480. The van der Waals surface area contributed by atoms with Crippen molar-refractivity contribution in [2.75, 3.05) is 0 Å². The number of rotatable bonds is 3. The van der Waals surface area contributed by atoms with Gasteiger partial charge in [0, 0.05) is 12.6 Å². The van der Waals surface area contributed by atoms with Crippen LogP contribution in [0.3, 0.4) is 0 Å². The molecule has 0 saturated heterocycles. The molecule has 1 aromatic rings. The third-order valence-corrected chi connectivity index (χ3v) is 3.89. The summed E-state index contributed by atoms with van der Waals surface area (Å²) in [5.41, 5.74) is 0.933. The van der Waals surface area contributed by atoms with E-state index in [2.05, 4.69) is 5.32 Å². The van der Waals surface area contributed by atoms with Crippen molar-refractivity contribution in [2.24, 2.45) is 0 Å². The number of nitrogens with one attached hydrogen (secondary N) is 1. The van der Waals surface area contributed by atoms with Crippen LogP contribution in [0.15, 0.2) is 12.1 Å². The van der Waals surface area contributed by atoms with Crippen molar-refractivity contribution in [1.82, 2.24) is 5.32 Å². The van der Waals surface area contributed by atoms with Gasteiger partial charge in [0.25, 0.3) is 0 Å². The molecule has 0 aliphatic heterocycles. The number of aliphatic hydroxyl groups excluding tert-OH is 1. The number of aliphatic hydroxyl groups is 1. The summed E-state index contributed by atoms with van der Waals surface area (Å²) in [4.78, 5) is 0. The highest BCUT2D eigenvalue weighted by molar-refractivity contribution is 6.37. The van der Waals surface area contributed by atoms with E-state index in [0.29, 0.717) is 12.6 Å². The van der Waals surface area contributed by atoms with Crippen molar-refractivity contribution in [3.8, 4) is 5.75 Å². The summed E-state index contributed by atoms with van der Waals surface area (Å²) in [5, 5.41) is 23.0. The zero-order valence-electron chi connectivity index (χ0n) is 10.00. The SMILES string of the molecule is Oc1c(Cl)cc(CN[C@H]2CCC[C@@H](O)C2)cc1Cl. The molecule has 0 heterocycles. The summed E-state index contributed by atoms with van der Waals surface area (Å²) in [6.07, 6.45) is 3.63. The lowest BCUT2D eigenvalue weighted by Crippen LogP contribution is -2.35. The van der Waals surface area contributed by atoms with Gasteiger partial charge in [-0.3, -0.25) is 0 Å². The monoisotopic (exact) mass is 289 g/mol. The molecule has 0 bridgehead atoms. The minimum Gasteiger partial charge on any atom is -0.505 e. The first-order valence-electron chi connectivity index (χ1n) is 6.14. The van der Waals surface area contributed by atoms with Gasteiger partial charge in [-0.05, 0) is 43.4 Å². The average molecular weight is 290 g/mol. The number of aromatic hydroxyl groups is 1. The number of hydrogen-bond acceptors (Lipinski definition) is 3. The highest BCUT2D eigenvalue weighted by atomic mass is 35.5. The number of benzene rings is 1. The number of halogens is 2. The molecule has 0 unspecified atom stereocenters. The van der Waals surface area contributed by atoms with Crippen molar-refractivity contribution in [2.45, 2.75) is 44.4 Å². The Labute approximate surface area is 117 Å². The standard InChI is InChI=1S/C13H17Cl2NO2/c14-11-4-8(5-12(15)13(11)18)7-16-9-2-1-3-10(17)6-9/h4-5,9-10,16-18H,1-3,6-7H2/t9-,10+/m0/s1. The minimum atomic E-state index is -0.191. The summed E-state index contributed by atoms with van der Waals surface area (Å²) in [5.74, 6) is -0.0739. The van der Waals surface area contributed by atoms with Gasteiger partial charge >= 0.3 is 0 Å². The van der Waals surface area contributed by atoms with E-state index in [-0.39, 0.29) is 21.9 Å². The second-order valence-electron chi connectivity index (χ2n) is 4.81. The molecule has 1 aromatic carbocycles. The van der Waals surface area contributed by atoms with Gasteiger partial charge in [0.15, 0.2) is 5.75 Å². The molecule has 0 radical (unpaired) electrons. The van der Waals surface area contributed by atoms with Gasteiger partial charge in [-0.25, -0.2) is 0 Å². The highest BCUT2D eigenvalue weighted by Gasteiger charge is 2.19. The Balaban J connectivity index is 1.94. The van der Waals surface area contributed by atoms with E-state index in [4.69, 9.17) is 23.2 Å². The van der Waals surface area contributed by atoms with E-state index in [1.807, 2.05) is 0 Å². The van der Waals surface area contributed by atoms with E-state index in [0.717, 1.165) is 31.2 Å². The Morgan fingerprint density at radius 3 is 2.50 bits per heavy atom. The van der Waals surface area contributed by atoms with Crippen molar-refractivity contribution in [1.29, 1.82) is 0 Å². The predicted octanol–water partition coefficient (Wildman–Crippen LogP) is 3.09. The van der Waals surface area contributed by atoms with Crippen LogP contribution < -0.4 is 5.32 Å². The van der Waals surface area contributed by atoms with E-state index < -0.39 is 0 Å². The van der Waals surface area contributed by atoms with Gasteiger partial charge in [-0.2, -0.15) is 0 Å². The van der Waals surface area contributed by atoms with Gasteiger partial charge in [0.2, 0.25) is 0 Å². The summed E-state index contributed by atoms with van der Waals surface area (Å²) in [6.45, 7) is 0.636. The summed E-state index contributed by atoms with van der Waals surface area (Å²) in [6, 6.07) is 3.74. The molecule has 2 atom stereocenters. The van der Waals surface area contributed by atoms with E-state index in [1.54, 1.807) is 12.1 Å². The first-order chi connectivity index (χ1) is 8.56. The van der Waals surface area contributed by atoms with Crippen LogP contribution in [-0.2, 0) is 6.54 Å². The highest BCUT2D eigenvalue weighted by Crippen LogP contribution is 2.32. The van der Waals surface area contributed by atoms with Gasteiger partial charge in [-0.15, -0.1) is 0 Å². The first-order valence-corrected chi connectivity index (χ1v) is 6.90. The van der Waals surface area contributed by atoms with Gasteiger partial charge in [-0.1, -0.05) is 23.2 Å². The van der Waals surface area contributed by atoms with Crippen molar-refractivity contribution in [3.05, 3.63) is 27.7 Å². The number of phenolic OH excluding ortho intramolecular Hbond substituents is 1. The molecule has 1 aliphatic carbocycles. The molecule has 0 amide bonds. The Bertz CT molecular complexity index is 402. The van der Waals surface area contributed by atoms with E-state index >= 15 is 0 Å². The topological polar surface area (TPSA) is 52.5 Å². The largest absolute Gasteiger partial charge is 0.505 e. The van der Waals surface area contributed by atoms with Gasteiger partial charge in [0.05, 0.1) is 16.1 Å². The average Bonchev–Trinajstić information content (AvgIpc) is 2.33. The molecule has 5 heteroatoms. The smallest absolute Gasteiger partial charge is 0.152 e. The molecule has 1 aliphatic rings. The van der Waals surface area contributed by atoms with E-state index in [9.17, 15) is 10.2 Å². The van der Waals surface area contributed by atoms with Crippen molar-refractivity contribution < 1.29 is 10.2 Å². The fourth-order valence-electron chi connectivity index (χ4n) is 2.33. The fraction of sp³-hybridized carbons (Fsp3) is 0.538. The maximum atomic E-state index is 9.59. The molecule has 0 aromatic heterocycles. The molecule has 18 heavy (non-hydrogen) atoms. The van der Waals surface area contributed by atoms with Crippen LogP contribution in [0.1, 0.15) is 31.2 Å². The Morgan fingerprint density at radius 2 is 1.89 bits per heavy atom. The third kappa shape index (κ3) is 3.51. The lowest BCUT2D eigenvalue weighted by molar-refractivity contribution is 0.111. The van der Waals surface area contributed by atoms with Crippen LogP contribution in [0.4, 0.5) is 0 Å². The van der Waals surface area contributed by atoms with Crippen LogP contribution in [0.2, 0.25) is 10.0 Å². The fourth-order valence-corrected chi connectivity index (χ4v) is 2.86. The molecule has 2 rings (SSSR count). The molecular weight excluding hydrogens is 273 g/mol. The second-order valence-corrected chi connectivity index (χ2v) is 5.62. The maximum Gasteiger partial charge on any atom is 0.152 e. The number of hydrogen-bond donors (Lipinski definition) is 3. The minimum absolute atomic E-state index is 0.0739. The molecule has 0 spiro atoms. The maximum absolute atomic E-state index is 9.59. The van der Waals surface area contributed by atoms with Crippen molar-refractivity contribution >= 4 is 23.2 Å². The third-order valence-electron chi connectivity index (χ3n) is 3.32. The van der Waals surface area contributed by atoms with Crippen LogP contribution in [0.25, 0.3) is 0 Å². The van der Waals surface area contributed by atoms with Crippen LogP contribution in [0.5, 0.6) is 5.75 Å². The molecule has 1 saturated carbocycles. The molecule has 3 N–H and O–H groups in total. The number of phenols is 1. The second kappa shape index (κ2) is 6.11. The molecule has 1 fully saturated rings. The van der Waals surface area contributed by atoms with Crippen LogP contribution in [-0.4, -0.2) is 22.4 Å². The van der Waals surface area contributed by atoms with Gasteiger partial charge in [0.1, 0.15) is 0 Å². The lowest BCUT2D eigenvalue weighted by Gasteiger charge is -2.26. The molecular formula is C13H17Cl2NO2. The summed E-state index contributed by atoms with van der Waals surface area (Å²) >= 11 is 11.7. The normalized spacial score (nSPS) is 24.2. The Kier molecular flexibility index (Phi) is 4.73. The van der Waals surface area contributed by atoms with Gasteiger partial charge < -0.3 is 15.5 Å². The van der Waals surface area contributed by atoms with Crippen LogP contribution >= 0.6 is 23.2 Å². The molecule has 100 valence electrons. The van der Waals surface area contributed by atoms with Crippen LogP contribution in [0, 0.1) is 0 Å². The van der Waals surface area contributed by atoms with Crippen molar-refractivity contribution in [3.63, 3.8) is 0 Å². The zero-order valence-corrected chi connectivity index (χ0v) is 11.5. The quantitative estimate of drug-likeness (QED) is 0.802. The summed E-state index contributed by atoms with van der Waals surface area (Å²) in [7, 11) is 0. The predicted molar refractivity (Wildman–Crippen MR) is 73.2 cm³/mol. The summed E-state index contributed by atoms with van der Waals surface area (Å²) < 4.78 is 0. The Morgan fingerprint density at radius 1 is 1.22 bits per heavy atom.